The molecular formula is C19H39FO2. The minimum Gasteiger partial charge on any atom is -0.396 e. The molecular weight excluding hydrogens is 279 g/mol. The topological polar surface area (TPSA) is 29.5 Å². The Balaban J connectivity index is 2.94. The fourth-order valence-corrected chi connectivity index (χ4v) is 2.67. The van der Waals surface area contributed by atoms with Gasteiger partial charge in [0.2, 0.25) is 0 Å². The summed E-state index contributed by atoms with van der Waals surface area (Å²) in [5, 5.41) is 8.61. The van der Waals surface area contributed by atoms with E-state index in [-0.39, 0.29) is 6.61 Å². The van der Waals surface area contributed by atoms with Gasteiger partial charge in [-0.2, -0.15) is 0 Å². The standard InChI is InChI=1S/C19H39FO2/c1-19(20)15-12-10-8-6-4-2-3-5-7-9-11-13-17-22-18-14-16-21/h19,21H,2-18H2,1H3. The lowest BCUT2D eigenvalue weighted by Crippen LogP contribution is -1.98. The van der Waals surface area contributed by atoms with Gasteiger partial charge in [-0.3, -0.25) is 0 Å². The number of aliphatic hydroxyl groups is 1. The van der Waals surface area contributed by atoms with E-state index in [0.29, 0.717) is 6.61 Å². The summed E-state index contributed by atoms with van der Waals surface area (Å²) >= 11 is 0. The fraction of sp³-hybridized carbons (Fsp3) is 1.00. The van der Waals surface area contributed by atoms with Crippen LogP contribution in [0.25, 0.3) is 0 Å². The van der Waals surface area contributed by atoms with Crippen molar-refractivity contribution in [3.63, 3.8) is 0 Å². The largest absolute Gasteiger partial charge is 0.396 e. The Labute approximate surface area is 137 Å². The second-order valence-electron chi connectivity index (χ2n) is 6.50. The van der Waals surface area contributed by atoms with Crippen molar-refractivity contribution in [1.29, 1.82) is 0 Å². The highest BCUT2D eigenvalue weighted by Crippen LogP contribution is 2.13. The third kappa shape index (κ3) is 19.9. The van der Waals surface area contributed by atoms with E-state index in [1.54, 1.807) is 6.92 Å². The average molecular weight is 319 g/mol. The first-order valence-electron chi connectivity index (χ1n) is 9.60. The van der Waals surface area contributed by atoms with E-state index in [9.17, 15) is 4.39 Å². The predicted octanol–water partition coefficient (Wildman–Crippen LogP) is 5.81. The Kier molecular flexibility index (Phi) is 18.8. The minimum atomic E-state index is -0.618. The molecule has 22 heavy (non-hydrogen) atoms. The first-order valence-corrected chi connectivity index (χ1v) is 9.60. The lowest BCUT2D eigenvalue weighted by atomic mass is 10.0. The number of alkyl halides is 1. The molecule has 0 radical (unpaired) electrons. The van der Waals surface area contributed by atoms with Gasteiger partial charge in [0.1, 0.15) is 0 Å². The van der Waals surface area contributed by atoms with Crippen molar-refractivity contribution in [1.82, 2.24) is 0 Å². The smallest absolute Gasteiger partial charge is 0.0973 e. The van der Waals surface area contributed by atoms with Crippen molar-refractivity contribution in [2.45, 2.75) is 103 Å². The van der Waals surface area contributed by atoms with E-state index in [4.69, 9.17) is 9.84 Å². The van der Waals surface area contributed by atoms with Crippen LogP contribution in [0.5, 0.6) is 0 Å². The lowest BCUT2D eigenvalue weighted by molar-refractivity contribution is 0.112. The maximum atomic E-state index is 12.6. The summed E-state index contributed by atoms with van der Waals surface area (Å²) in [6.45, 7) is 3.44. The molecule has 0 aliphatic carbocycles. The van der Waals surface area contributed by atoms with Crippen LogP contribution in [0.15, 0.2) is 0 Å². The summed E-state index contributed by atoms with van der Waals surface area (Å²) in [7, 11) is 0. The second kappa shape index (κ2) is 18.9. The van der Waals surface area contributed by atoms with Crippen LogP contribution in [-0.4, -0.2) is 31.1 Å². The van der Waals surface area contributed by atoms with Gasteiger partial charge in [-0.25, -0.2) is 4.39 Å². The van der Waals surface area contributed by atoms with E-state index >= 15 is 0 Å². The summed E-state index contributed by atoms with van der Waals surface area (Å²) in [5.41, 5.74) is 0. The number of halogens is 1. The Morgan fingerprint density at radius 3 is 1.55 bits per heavy atom. The third-order valence-electron chi connectivity index (χ3n) is 4.09. The number of rotatable bonds is 18. The molecule has 0 amide bonds. The lowest BCUT2D eigenvalue weighted by Gasteiger charge is -2.04. The molecule has 0 aliphatic rings. The van der Waals surface area contributed by atoms with Crippen molar-refractivity contribution < 1.29 is 14.2 Å². The molecule has 0 bridgehead atoms. The first kappa shape index (κ1) is 21.9. The van der Waals surface area contributed by atoms with Crippen molar-refractivity contribution in [2.24, 2.45) is 0 Å². The van der Waals surface area contributed by atoms with Crippen molar-refractivity contribution in [3.05, 3.63) is 0 Å². The number of aliphatic hydroxyl groups excluding tert-OH is 1. The molecule has 0 rings (SSSR count). The number of hydrogen-bond donors (Lipinski definition) is 1. The van der Waals surface area contributed by atoms with Gasteiger partial charge in [0.15, 0.2) is 0 Å². The highest BCUT2D eigenvalue weighted by Gasteiger charge is 1.97. The van der Waals surface area contributed by atoms with Crippen LogP contribution in [0.3, 0.4) is 0 Å². The molecule has 1 unspecified atom stereocenters. The van der Waals surface area contributed by atoms with Gasteiger partial charge in [0.25, 0.3) is 0 Å². The molecule has 0 spiro atoms. The number of hydrogen-bond acceptors (Lipinski definition) is 2. The molecule has 0 saturated carbocycles. The van der Waals surface area contributed by atoms with Crippen LogP contribution in [0.2, 0.25) is 0 Å². The van der Waals surface area contributed by atoms with Crippen LogP contribution in [0.1, 0.15) is 96.8 Å². The first-order chi connectivity index (χ1) is 10.8. The second-order valence-corrected chi connectivity index (χ2v) is 6.50. The van der Waals surface area contributed by atoms with Gasteiger partial charge in [0.05, 0.1) is 6.17 Å². The number of ether oxygens (including phenoxy) is 1. The van der Waals surface area contributed by atoms with Crippen LogP contribution in [0.4, 0.5) is 4.39 Å². The maximum absolute atomic E-state index is 12.6. The normalized spacial score (nSPS) is 12.7. The summed E-state index contributed by atoms with van der Waals surface area (Å²) < 4.78 is 18.0. The Morgan fingerprint density at radius 2 is 1.09 bits per heavy atom. The molecule has 0 aromatic heterocycles. The zero-order chi connectivity index (χ0) is 16.3. The summed E-state index contributed by atoms with van der Waals surface area (Å²) in [5.74, 6) is 0. The van der Waals surface area contributed by atoms with Gasteiger partial charge in [0, 0.05) is 19.8 Å². The molecule has 0 fully saturated rings. The van der Waals surface area contributed by atoms with Gasteiger partial charge in [-0.1, -0.05) is 70.6 Å². The minimum absolute atomic E-state index is 0.233. The quantitative estimate of drug-likeness (QED) is 0.323. The van der Waals surface area contributed by atoms with E-state index in [0.717, 1.165) is 32.3 Å². The molecule has 0 heterocycles. The summed E-state index contributed by atoms with van der Waals surface area (Å²) in [6.07, 6.45) is 16.3. The molecule has 1 N–H and O–H groups in total. The van der Waals surface area contributed by atoms with E-state index in [1.165, 1.54) is 64.2 Å². The van der Waals surface area contributed by atoms with Crippen LogP contribution >= 0.6 is 0 Å². The molecule has 2 nitrogen and oxygen atoms in total. The van der Waals surface area contributed by atoms with Gasteiger partial charge >= 0.3 is 0 Å². The zero-order valence-electron chi connectivity index (χ0n) is 14.8. The molecule has 0 aromatic carbocycles. The zero-order valence-corrected chi connectivity index (χ0v) is 14.8. The highest BCUT2D eigenvalue weighted by molar-refractivity contribution is 4.51. The van der Waals surface area contributed by atoms with Crippen LogP contribution in [-0.2, 0) is 4.74 Å². The van der Waals surface area contributed by atoms with Crippen LogP contribution < -0.4 is 0 Å². The summed E-state index contributed by atoms with van der Waals surface area (Å²) in [6, 6.07) is 0. The molecule has 1 atom stereocenters. The predicted molar refractivity (Wildman–Crippen MR) is 93.1 cm³/mol. The summed E-state index contributed by atoms with van der Waals surface area (Å²) in [4.78, 5) is 0. The SMILES string of the molecule is CC(F)CCCCCCCCCCCCCCOCCCO. The maximum Gasteiger partial charge on any atom is 0.0973 e. The van der Waals surface area contributed by atoms with E-state index in [1.807, 2.05) is 0 Å². The average Bonchev–Trinajstić information content (AvgIpc) is 2.50. The molecule has 3 heteroatoms. The molecule has 0 saturated heterocycles. The van der Waals surface area contributed by atoms with Gasteiger partial charge < -0.3 is 9.84 Å². The Hall–Kier alpha value is -0.150. The molecule has 0 aromatic rings. The van der Waals surface area contributed by atoms with Gasteiger partial charge in [-0.05, 0) is 26.2 Å². The monoisotopic (exact) mass is 318 g/mol. The molecule has 0 aliphatic heterocycles. The van der Waals surface area contributed by atoms with Gasteiger partial charge in [-0.15, -0.1) is 0 Å². The third-order valence-corrected chi connectivity index (χ3v) is 4.09. The van der Waals surface area contributed by atoms with Crippen LogP contribution in [0, 0.1) is 0 Å². The molecule has 134 valence electrons. The number of unbranched alkanes of at least 4 members (excludes halogenated alkanes) is 11. The van der Waals surface area contributed by atoms with E-state index < -0.39 is 6.17 Å². The van der Waals surface area contributed by atoms with Crippen molar-refractivity contribution >= 4 is 0 Å². The Bertz CT molecular complexity index is 198. The van der Waals surface area contributed by atoms with E-state index in [2.05, 4.69) is 0 Å². The van der Waals surface area contributed by atoms with Crippen molar-refractivity contribution in [3.8, 4) is 0 Å². The fourth-order valence-electron chi connectivity index (χ4n) is 2.67. The Morgan fingerprint density at radius 1 is 0.682 bits per heavy atom. The van der Waals surface area contributed by atoms with Crippen molar-refractivity contribution in [2.75, 3.05) is 19.8 Å². The highest BCUT2D eigenvalue weighted by atomic mass is 19.1.